The first-order valence-electron chi connectivity index (χ1n) is 8.66. The zero-order valence-corrected chi connectivity index (χ0v) is 16.6. The Balaban J connectivity index is 1.80. The summed E-state index contributed by atoms with van der Waals surface area (Å²) in [5, 5.41) is 7.53. The fraction of sp³-hybridized carbons (Fsp3) is 0.190. The monoisotopic (exact) mass is 397 g/mol. The average Bonchev–Trinajstić information content (AvgIpc) is 2.99. The van der Waals surface area contributed by atoms with Crippen LogP contribution in [0.2, 0.25) is 5.02 Å². The molecule has 0 radical (unpaired) electrons. The maximum absolute atomic E-state index is 12.7. The van der Waals surface area contributed by atoms with Gasteiger partial charge in [-0.3, -0.25) is 9.48 Å². The third kappa shape index (κ3) is 4.40. The Morgan fingerprint density at radius 3 is 2.57 bits per heavy atom. The fourth-order valence-electron chi connectivity index (χ4n) is 2.88. The van der Waals surface area contributed by atoms with Crippen molar-refractivity contribution in [2.45, 2.75) is 20.4 Å². The van der Waals surface area contributed by atoms with Crippen LogP contribution in [0.3, 0.4) is 0 Å². The van der Waals surface area contributed by atoms with E-state index in [1.807, 2.05) is 42.8 Å². The Labute approximate surface area is 168 Å². The van der Waals surface area contributed by atoms with E-state index < -0.39 is 5.97 Å². The Kier molecular flexibility index (Phi) is 5.80. The molecule has 0 atom stereocenters. The summed E-state index contributed by atoms with van der Waals surface area (Å²) in [6.45, 7) is 4.51. The number of halogens is 1. The average molecular weight is 398 g/mol. The molecule has 0 saturated heterocycles. The normalized spacial score (nSPS) is 10.6. The SMILES string of the molecule is COC(=O)c1ccc(Cl)c(NC(=O)c2cccc(Cn3nc(C)cc3C)c2)c1. The highest BCUT2D eigenvalue weighted by Gasteiger charge is 2.13. The van der Waals surface area contributed by atoms with E-state index in [4.69, 9.17) is 16.3 Å². The summed E-state index contributed by atoms with van der Waals surface area (Å²) < 4.78 is 6.59. The van der Waals surface area contributed by atoms with Crippen molar-refractivity contribution in [2.75, 3.05) is 12.4 Å². The molecule has 1 heterocycles. The van der Waals surface area contributed by atoms with Gasteiger partial charge in [-0.05, 0) is 55.8 Å². The van der Waals surface area contributed by atoms with Crippen LogP contribution in [-0.4, -0.2) is 28.8 Å². The lowest BCUT2D eigenvalue weighted by Crippen LogP contribution is -2.14. The Morgan fingerprint density at radius 2 is 1.89 bits per heavy atom. The minimum atomic E-state index is -0.501. The van der Waals surface area contributed by atoms with Crippen LogP contribution in [0.1, 0.15) is 37.7 Å². The molecule has 7 heteroatoms. The van der Waals surface area contributed by atoms with Crippen molar-refractivity contribution in [2.24, 2.45) is 0 Å². The molecule has 0 unspecified atom stereocenters. The molecule has 144 valence electrons. The summed E-state index contributed by atoms with van der Waals surface area (Å²) in [5.74, 6) is -0.821. The predicted octanol–water partition coefficient (Wildman–Crippen LogP) is 4.24. The molecule has 2 aromatic carbocycles. The van der Waals surface area contributed by atoms with Gasteiger partial charge in [-0.25, -0.2) is 4.79 Å². The topological polar surface area (TPSA) is 73.2 Å². The van der Waals surface area contributed by atoms with Gasteiger partial charge >= 0.3 is 5.97 Å². The van der Waals surface area contributed by atoms with Crippen LogP contribution < -0.4 is 5.32 Å². The summed E-state index contributed by atoms with van der Waals surface area (Å²) in [7, 11) is 1.30. The van der Waals surface area contributed by atoms with Crippen LogP contribution in [0, 0.1) is 13.8 Å². The second kappa shape index (κ2) is 8.27. The Morgan fingerprint density at radius 1 is 1.11 bits per heavy atom. The van der Waals surface area contributed by atoms with E-state index >= 15 is 0 Å². The molecule has 0 saturated carbocycles. The van der Waals surface area contributed by atoms with E-state index in [-0.39, 0.29) is 5.91 Å². The number of rotatable bonds is 5. The molecule has 6 nitrogen and oxygen atoms in total. The third-order valence-corrected chi connectivity index (χ3v) is 4.59. The van der Waals surface area contributed by atoms with Crippen LogP contribution in [0.4, 0.5) is 5.69 Å². The van der Waals surface area contributed by atoms with E-state index in [1.54, 1.807) is 18.2 Å². The smallest absolute Gasteiger partial charge is 0.337 e. The zero-order chi connectivity index (χ0) is 20.3. The van der Waals surface area contributed by atoms with Crippen molar-refractivity contribution in [3.8, 4) is 0 Å². The second-order valence-corrected chi connectivity index (χ2v) is 6.83. The van der Waals surface area contributed by atoms with Crippen LogP contribution in [0.25, 0.3) is 0 Å². The van der Waals surface area contributed by atoms with Crippen LogP contribution in [0.5, 0.6) is 0 Å². The molecule has 0 bridgehead atoms. The molecule has 0 aliphatic carbocycles. The molecular weight excluding hydrogens is 378 g/mol. The maximum atomic E-state index is 12.7. The molecule has 1 aromatic heterocycles. The molecule has 0 fully saturated rings. The highest BCUT2D eigenvalue weighted by Crippen LogP contribution is 2.24. The predicted molar refractivity (Wildman–Crippen MR) is 108 cm³/mol. The number of anilines is 1. The van der Waals surface area contributed by atoms with Crippen LogP contribution in [0.15, 0.2) is 48.5 Å². The van der Waals surface area contributed by atoms with E-state index in [1.165, 1.54) is 13.2 Å². The summed E-state index contributed by atoms with van der Waals surface area (Å²) in [6, 6.07) is 13.9. The lowest BCUT2D eigenvalue weighted by molar-refractivity contribution is 0.0600. The largest absolute Gasteiger partial charge is 0.465 e. The highest BCUT2D eigenvalue weighted by molar-refractivity contribution is 6.34. The number of ether oxygens (including phenoxy) is 1. The van der Waals surface area contributed by atoms with Crippen molar-refractivity contribution >= 4 is 29.2 Å². The molecule has 1 amide bonds. The number of nitrogens with zero attached hydrogens (tertiary/aromatic N) is 2. The molecule has 0 spiro atoms. The lowest BCUT2D eigenvalue weighted by atomic mass is 10.1. The maximum Gasteiger partial charge on any atom is 0.337 e. The number of esters is 1. The number of carbonyl (C=O) groups excluding carboxylic acids is 2. The lowest BCUT2D eigenvalue weighted by Gasteiger charge is -2.10. The fourth-order valence-corrected chi connectivity index (χ4v) is 3.04. The Bertz CT molecular complexity index is 1040. The van der Waals surface area contributed by atoms with Gasteiger partial charge in [0, 0.05) is 11.3 Å². The molecule has 1 N–H and O–H groups in total. The number of amides is 1. The Hall–Kier alpha value is -3.12. The van der Waals surface area contributed by atoms with Gasteiger partial charge in [-0.1, -0.05) is 23.7 Å². The number of carbonyl (C=O) groups is 2. The van der Waals surface area contributed by atoms with E-state index in [0.717, 1.165) is 17.0 Å². The van der Waals surface area contributed by atoms with Crippen LogP contribution in [-0.2, 0) is 11.3 Å². The number of benzene rings is 2. The van der Waals surface area contributed by atoms with Crippen molar-refractivity contribution in [1.82, 2.24) is 9.78 Å². The van der Waals surface area contributed by atoms with Gasteiger partial charge in [-0.15, -0.1) is 0 Å². The van der Waals surface area contributed by atoms with E-state index in [2.05, 4.69) is 10.4 Å². The van der Waals surface area contributed by atoms with Gasteiger partial charge in [0.1, 0.15) is 0 Å². The molecule has 3 aromatic rings. The standard InChI is InChI=1S/C21H20ClN3O3/c1-13-9-14(2)25(24-13)12-15-5-4-6-16(10-15)20(26)23-19-11-17(21(27)28-3)7-8-18(19)22/h4-11H,12H2,1-3H3,(H,23,26). The summed E-state index contributed by atoms with van der Waals surface area (Å²) in [6.07, 6.45) is 0. The number of hydrogen-bond acceptors (Lipinski definition) is 4. The van der Waals surface area contributed by atoms with Gasteiger partial charge in [0.15, 0.2) is 0 Å². The number of nitrogens with one attached hydrogen (secondary N) is 1. The molecule has 0 aliphatic rings. The van der Waals surface area contributed by atoms with Crippen molar-refractivity contribution in [3.63, 3.8) is 0 Å². The van der Waals surface area contributed by atoms with Crippen molar-refractivity contribution in [3.05, 3.63) is 81.6 Å². The van der Waals surface area contributed by atoms with E-state index in [0.29, 0.717) is 28.4 Å². The van der Waals surface area contributed by atoms with Gasteiger partial charge in [-0.2, -0.15) is 5.10 Å². The van der Waals surface area contributed by atoms with E-state index in [9.17, 15) is 9.59 Å². The first-order valence-corrected chi connectivity index (χ1v) is 9.04. The van der Waals surface area contributed by atoms with Crippen molar-refractivity contribution < 1.29 is 14.3 Å². The van der Waals surface area contributed by atoms with Crippen LogP contribution >= 0.6 is 11.6 Å². The summed E-state index contributed by atoms with van der Waals surface area (Å²) in [5.41, 5.74) is 4.09. The first-order chi connectivity index (χ1) is 13.4. The molecule has 0 aliphatic heterocycles. The number of aromatic nitrogens is 2. The second-order valence-electron chi connectivity index (χ2n) is 6.43. The third-order valence-electron chi connectivity index (χ3n) is 4.26. The zero-order valence-electron chi connectivity index (χ0n) is 15.8. The minimum absolute atomic E-state index is 0.306. The number of aryl methyl sites for hydroxylation is 2. The van der Waals surface area contributed by atoms with Gasteiger partial charge in [0.25, 0.3) is 5.91 Å². The molecule has 3 rings (SSSR count). The molecular formula is C21H20ClN3O3. The first kappa shape index (κ1) is 19.6. The van der Waals surface area contributed by atoms with Gasteiger partial charge in [0.05, 0.1) is 35.6 Å². The summed E-state index contributed by atoms with van der Waals surface area (Å²) >= 11 is 6.16. The quantitative estimate of drug-likeness (QED) is 0.653. The number of methoxy groups -OCH3 is 1. The molecule has 28 heavy (non-hydrogen) atoms. The van der Waals surface area contributed by atoms with Gasteiger partial charge in [0.2, 0.25) is 0 Å². The minimum Gasteiger partial charge on any atom is -0.465 e. The number of hydrogen-bond donors (Lipinski definition) is 1. The summed E-state index contributed by atoms with van der Waals surface area (Å²) in [4.78, 5) is 24.4. The van der Waals surface area contributed by atoms with Crippen molar-refractivity contribution in [1.29, 1.82) is 0 Å². The highest BCUT2D eigenvalue weighted by atomic mass is 35.5. The van der Waals surface area contributed by atoms with Gasteiger partial charge < -0.3 is 10.1 Å².